The summed E-state index contributed by atoms with van der Waals surface area (Å²) in [5.74, 6) is -2.36. The third kappa shape index (κ3) is 24.6. The normalized spacial score (nSPS) is 14.1. The maximum absolute atomic E-state index is 13.2. The number of rotatable bonds is 25. The van der Waals surface area contributed by atoms with Gasteiger partial charge in [0.2, 0.25) is 11.8 Å². The number of carbonyl (C=O) groups excluding carboxylic acids is 11. The molecule has 2 aromatic carbocycles. The molecule has 32 heteroatoms. The molecule has 97 heavy (non-hydrogen) atoms. The van der Waals surface area contributed by atoms with Gasteiger partial charge in [-0.2, -0.15) is 15.0 Å². The fourth-order valence-corrected chi connectivity index (χ4v) is 8.74. The Kier molecular flexibility index (Phi) is 31.7. The predicted molar refractivity (Wildman–Crippen MR) is 348 cm³/mol. The number of nitrogens with zero attached hydrogens (tertiary/aromatic N) is 9. The number of aliphatic hydroxyl groups is 1. The first-order valence-corrected chi connectivity index (χ1v) is 31.7. The lowest BCUT2D eigenvalue weighted by molar-refractivity contribution is -0.198. The molecule has 3 aliphatic rings. The molecule has 4 aromatic heterocycles. The van der Waals surface area contributed by atoms with Crippen molar-refractivity contribution in [3.8, 4) is 11.5 Å². The van der Waals surface area contributed by atoms with Gasteiger partial charge in [0.1, 0.15) is 23.7 Å². The minimum Gasteiger partial charge on any atom is -0.497 e. The highest BCUT2D eigenvalue weighted by molar-refractivity contribution is 6.03. The lowest BCUT2D eigenvalue weighted by Gasteiger charge is -2.23. The highest BCUT2D eigenvalue weighted by Crippen LogP contribution is 2.26. The maximum Gasteiger partial charge on any atom is 0.560 e. The zero-order chi connectivity index (χ0) is 71.0. The van der Waals surface area contributed by atoms with Gasteiger partial charge in [0.15, 0.2) is 11.3 Å². The van der Waals surface area contributed by atoms with E-state index in [4.69, 9.17) is 29.8 Å². The maximum atomic E-state index is 13.2. The van der Waals surface area contributed by atoms with Gasteiger partial charge in [0, 0.05) is 129 Å². The van der Waals surface area contributed by atoms with Gasteiger partial charge in [-0.1, -0.05) is 48.1 Å². The summed E-state index contributed by atoms with van der Waals surface area (Å²) in [5.41, 5.74) is 10.3. The highest BCUT2D eigenvalue weighted by Gasteiger charge is 2.38. The topological polar surface area (TPSA) is 410 Å². The summed E-state index contributed by atoms with van der Waals surface area (Å²) in [6.07, 6.45) is 5.14. The Morgan fingerprint density at radius 2 is 0.959 bits per heavy atom. The smallest absolute Gasteiger partial charge is 0.497 e. The van der Waals surface area contributed by atoms with E-state index in [1.54, 1.807) is 50.3 Å². The molecule has 9 amide bonds. The fraction of sp³-hybridized carbons (Fsp3) is 0.462. The van der Waals surface area contributed by atoms with Crippen LogP contribution in [0.3, 0.4) is 0 Å². The van der Waals surface area contributed by atoms with Gasteiger partial charge in [-0.15, -0.1) is 0 Å². The van der Waals surface area contributed by atoms with E-state index < -0.39 is 53.8 Å². The first kappa shape index (κ1) is 77.1. The van der Waals surface area contributed by atoms with Crippen molar-refractivity contribution in [1.82, 2.24) is 50.9 Å². The third-order valence-electron chi connectivity index (χ3n) is 14.6. The van der Waals surface area contributed by atoms with E-state index >= 15 is 0 Å². The second kappa shape index (κ2) is 39.9. The van der Waals surface area contributed by atoms with E-state index in [9.17, 15) is 52.7 Å². The van der Waals surface area contributed by atoms with Crippen LogP contribution < -0.4 is 30.3 Å². The van der Waals surface area contributed by atoms with E-state index in [0.29, 0.717) is 86.8 Å². The second-order valence-corrected chi connectivity index (χ2v) is 21.8. The quantitative estimate of drug-likeness (QED) is 0.0215. The minimum absolute atomic E-state index is 0.0305. The average molecular weight is 1350 g/mol. The number of hydroxylamine groups is 6. The molecule has 0 radical (unpaired) electrons. The summed E-state index contributed by atoms with van der Waals surface area (Å²) in [4.78, 5) is 152. The number of methoxy groups -OCH3 is 2. The SMILES string of the molecule is CCC(C)O.CCC(C)OC(=O)NCCCN(C(=O)CCc1[nH]nc2ncccc12)c1cccc(OC)c1.CCC(C)OC(=O)ON1C(=O)CCC1=O.COc1cccc(N(CCCN)C(=O)CCc2[nH]nc3ncccc23)c1.O=C(ON1C(=O)CCC1=O)ON1C(=O)CCC1=O. The van der Waals surface area contributed by atoms with Crippen molar-refractivity contribution in [2.45, 2.75) is 156 Å². The van der Waals surface area contributed by atoms with Crippen LogP contribution in [0.15, 0.2) is 85.2 Å². The van der Waals surface area contributed by atoms with Crippen LogP contribution in [0.25, 0.3) is 22.1 Å². The number of pyridine rings is 2. The van der Waals surface area contributed by atoms with E-state index in [-0.39, 0.29) is 78.8 Å². The van der Waals surface area contributed by atoms with Gasteiger partial charge < -0.3 is 44.9 Å². The molecule has 3 saturated heterocycles. The Morgan fingerprint density at radius 1 is 0.567 bits per heavy atom. The number of anilines is 2. The van der Waals surface area contributed by atoms with E-state index in [2.05, 4.69) is 50.2 Å². The van der Waals surface area contributed by atoms with Gasteiger partial charge >= 0.3 is 18.4 Å². The summed E-state index contributed by atoms with van der Waals surface area (Å²) in [6.45, 7) is 13.0. The number of hydrogen-bond donors (Lipinski definition) is 5. The number of fused-ring (bicyclic) bond motifs is 2. The van der Waals surface area contributed by atoms with Gasteiger partial charge in [-0.25, -0.2) is 19.6 Å². The molecule has 0 bridgehead atoms. The van der Waals surface area contributed by atoms with Crippen LogP contribution >= 0.6 is 0 Å². The summed E-state index contributed by atoms with van der Waals surface area (Å²) in [6, 6.07) is 22.5. The standard InChI is InChI=1S/C24H31N5O4.C19H23N5O2.C9H8N2O7.C9H13NO5.C4H10O/c1-4-17(2)33-24(31)26-14-7-15-29(18-8-5-9-19(16-18)32-3)22(30)12-11-21-20-10-6-13-25-23(20)28-27-21;1-26-15-6-2-5-14(13-15)24(12-4-10-20)18(25)9-8-17-16-7-3-11-21-19(16)23-22-17;12-5-1-2-6(13)10(5)17-9(16)18-11-7(14)3-4-8(11)15;1-3-6(2)14-9(13)15-10-7(11)4-5-8(10)12;1-3-4(2)5/h5-6,8-10,13,16-17H,4,7,11-12,14-15H2,1-3H3,(H,26,31)(H,25,27,28);2-3,5-7,11,13H,4,8-10,12,20H2,1H3,(H,21,22,23);1-4H2;6H,3-5H2,1-2H3;4-5H,3H2,1-2H3. The van der Waals surface area contributed by atoms with Crippen molar-refractivity contribution >= 4 is 99.1 Å². The van der Waals surface area contributed by atoms with Crippen molar-refractivity contribution < 1.29 is 91.3 Å². The summed E-state index contributed by atoms with van der Waals surface area (Å²) >= 11 is 0. The first-order valence-electron chi connectivity index (χ1n) is 31.7. The Bertz CT molecular complexity index is 3550. The van der Waals surface area contributed by atoms with E-state index in [1.165, 1.54) is 0 Å². The van der Waals surface area contributed by atoms with Crippen LogP contribution in [0.2, 0.25) is 0 Å². The van der Waals surface area contributed by atoms with Gasteiger partial charge in [0.05, 0.1) is 20.3 Å². The van der Waals surface area contributed by atoms with E-state index in [0.717, 1.165) is 58.5 Å². The molecule has 32 nitrogen and oxygen atoms in total. The Hall–Kier alpha value is -10.6. The van der Waals surface area contributed by atoms with Crippen LogP contribution in [0.4, 0.5) is 25.8 Å². The highest BCUT2D eigenvalue weighted by atomic mass is 16.9. The minimum atomic E-state index is -1.48. The molecular formula is C65H85N13O19. The molecule has 6 aromatic rings. The molecule has 0 saturated carbocycles. The number of benzene rings is 2. The summed E-state index contributed by atoms with van der Waals surface area (Å²) in [5, 5.41) is 28.3. The second-order valence-electron chi connectivity index (χ2n) is 21.8. The molecule has 524 valence electrons. The monoisotopic (exact) mass is 1350 g/mol. The van der Waals surface area contributed by atoms with Crippen molar-refractivity contribution in [3.05, 3.63) is 96.6 Å². The molecule has 3 aliphatic heterocycles. The Labute approximate surface area is 559 Å². The molecule has 3 unspecified atom stereocenters. The van der Waals surface area contributed by atoms with E-state index in [1.807, 2.05) is 100 Å². The number of H-pyrrole nitrogens is 2. The van der Waals surface area contributed by atoms with Crippen LogP contribution in [0.1, 0.15) is 136 Å². The molecule has 7 heterocycles. The third-order valence-corrected chi connectivity index (χ3v) is 14.6. The number of carbonyl (C=O) groups is 11. The molecule has 9 rings (SSSR count). The van der Waals surface area contributed by atoms with Crippen molar-refractivity contribution in [3.63, 3.8) is 0 Å². The summed E-state index contributed by atoms with van der Waals surface area (Å²) < 4.78 is 20.6. The molecular weight excluding hydrogens is 1270 g/mol. The number of ether oxygens (including phenoxy) is 4. The lowest BCUT2D eigenvalue weighted by Crippen LogP contribution is -2.37. The molecule has 3 fully saturated rings. The number of amides is 9. The van der Waals surface area contributed by atoms with Gasteiger partial charge in [-0.3, -0.25) is 63.1 Å². The molecule has 6 N–H and O–H groups in total. The van der Waals surface area contributed by atoms with Crippen LogP contribution in [0.5, 0.6) is 11.5 Å². The molecule has 0 aliphatic carbocycles. The number of alkyl carbamates (subject to hydrolysis) is 1. The van der Waals surface area contributed by atoms with Gasteiger partial charge in [0.25, 0.3) is 35.4 Å². The zero-order valence-corrected chi connectivity index (χ0v) is 55.6. The number of aryl methyl sites for hydroxylation is 2. The molecule has 3 atom stereocenters. The number of nitrogens with one attached hydrogen (secondary N) is 3. The Balaban J connectivity index is 0.000000237. The summed E-state index contributed by atoms with van der Waals surface area (Å²) in [7, 11) is 3.21. The number of aromatic amines is 2. The number of imide groups is 3. The van der Waals surface area contributed by atoms with Crippen molar-refractivity contribution in [2.75, 3.05) is 50.2 Å². The van der Waals surface area contributed by atoms with Crippen molar-refractivity contribution in [1.29, 1.82) is 0 Å². The Morgan fingerprint density at radius 3 is 1.34 bits per heavy atom. The predicted octanol–water partition coefficient (Wildman–Crippen LogP) is 7.18. The number of aliphatic hydroxyl groups excluding tert-OH is 1. The number of aromatic nitrogens is 6. The fourth-order valence-electron chi connectivity index (χ4n) is 8.74. The number of hydrogen-bond acceptors (Lipinski definition) is 24. The largest absolute Gasteiger partial charge is 0.560 e. The first-order chi connectivity index (χ1) is 46.5. The molecule has 0 spiro atoms. The average Bonchev–Trinajstić information content (AvgIpc) is 1.79. The zero-order valence-electron chi connectivity index (χ0n) is 55.6. The number of nitrogens with two attached hydrogens (primary N) is 1. The van der Waals surface area contributed by atoms with Crippen LogP contribution in [-0.2, 0) is 75.2 Å². The van der Waals surface area contributed by atoms with Crippen LogP contribution in [0, 0.1) is 0 Å². The van der Waals surface area contributed by atoms with Gasteiger partial charge in [-0.05, 0) is 121 Å². The lowest BCUT2D eigenvalue weighted by atomic mass is 10.1. The van der Waals surface area contributed by atoms with Crippen molar-refractivity contribution in [2.24, 2.45) is 5.73 Å². The van der Waals surface area contributed by atoms with Crippen LogP contribution in [-0.4, -0.2) is 175 Å².